The lowest BCUT2D eigenvalue weighted by Crippen LogP contribution is -2.16. The van der Waals surface area contributed by atoms with Crippen LogP contribution in [0, 0.1) is 17.2 Å². The minimum atomic E-state index is -0.593. The molecule has 0 bridgehead atoms. The van der Waals surface area contributed by atoms with Crippen molar-refractivity contribution in [2.45, 2.75) is 51.9 Å². The third kappa shape index (κ3) is 7.62. The van der Waals surface area contributed by atoms with E-state index in [1.807, 2.05) is 0 Å². The monoisotopic (exact) mass is 497 g/mol. The molecule has 0 amide bonds. The number of nitrogens with zero attached hydrogens (tertiary/aromatic N) is 2. The molecule has 0 aliphatic heterocycles. The summed E-state index contributed by atoms with van der Waals surface area (Å²) in [6.45, 7) is 2.40. The lowest BCUT2D eigenvalue weighted by atomic mass is 9.94. The molecule has 0 saturated heterocycles. The van der Waals surface area contributed by atoms with E-state index in [9.17, 15) is 9.59 Å². The number of nitrogen functional groups attached to an aromatic ring is 1. The fourth-order valence-electron chi connectivity index (χ4n) is 4.32. The molecule has 2 unspecified atom stereocenters. The SMILES string of the molecule is CC1CCCC(CC(=O)CN=CC(=CN)c2ccc(Cl)c(CC(=N)C(=O)c3coc(N)n3)c2)CC1. The first-order valence-electron chi connectivity index (χ1n) is 11.8. The van der Waals surface area contributed by atoms with E-state index in [-0.39, 0.29) is 36.2 Å². The molecular weight excluding hydrogens is 466 g/mol. The van der Waals surface area contributed by atoms with Crippen LogP contribution in [0.4, 0.5) is 6.01 Å². The minimum absolute atomic E-state index is 0.00818. The van der Waals surface area contributed by atoms with Gasteiger partial charge in [-0.3, -0.25) is 14.6 Å². The van der Waals surface area contributed by atoms with E-state index in [0.717, 1.165) is 25.0 Å². The van der Waals surface area contributed by atoms with Gasteiger partial charge >= 0.3 is 0 Å². The Morgan fingerprint density at radius 2 is 2.09 bits per heavy atom. The first-order chi connectivity index (χ1) is 16.8. The largest absolute Gasteiger partial charge is 0.432 e. The Bertz CT molecular complexity index is 1140. The maximum atomic E-state index is 12.5. The number of rotatable bonds is 10. The molecule has 5 N–H and O–H groups in total. The lowest BCUT2D eigenvalue weighted by Gasteiger charge is -2.12. The van der Waals surface area contributed by atoms with Gasteiger partial charge in [0.15, 0.2) is 11.5 Å². The number of hydrogen-bond acceptors (Lipinski definition) is 8. The van der Waals surface area contributed by atoms with Gasteiger partial charge in [0, 0.05) is 35.9 Å². The predicted molar refractivity (Wildman–Crippen MR) is 139 cm³/mol. The van der Waals surface area contributed by atoms with Crippen molar-refractivity contribution in [2.75, 3.05) is 12.3 Å². The highest BCUT2D eigenvalue weighted by Crippen LogP contribution is 2.29. The topological polar surface area (TPSA) is 148 Å². The van der Waals surface area contributed by atoms with Crippen LogP contribution in [0.3, 0.4) is 0 Å². The summed E-state index contributed by atoms with van der Waals surface area (Å²) >= 11 is 6.31. The molecule has 35 heavy (non-hydrogen) atoms. The van der Waals surface area contributed by atoms with Crippen molar-refractivity contribution in [2.24, 2.45) is 22.6 Å². The third-order valence-electron chi connectivity index (χ3n) is 6.35. The number of ketones is 2. The minimum Gasteiger partial charge on any atom is -0.432 e. The van der Waals surface area contributed by atoms with Crippen molar-refractivity contribution in [3.05, 3.63) is 52.5 Å². The predicted octanol–water partition coefficient (Wildman–Crippen LogP) is 4.90. The smallest absolute Gasteiger partial charge is 0.292 e. The number of oxazole rings is 1. The molecule has 1 saturated carbocycles. The number of allylic oxidation sites excluding steroid dienone is 1. The van der Waals surface area contributed by atoms with E-state index >= 15 is 0 Å². The zero-order valence-corrected chi connectivity index (χ0v) is 20.7. The summed E-state index contributed by atoms with van der Waals surface area (Å²) in [6, 6.07) is 5.06. The summed E-state index contributed by atoms with van der Waals surface area (Å²) in [5.41, 5.74) is 12.9. The molecule has 2 atom stereocenters. The number of Topliss-reactive ketones (excluding diaryl/α,β-unsaturated/α-hetero) is 2. The van der Waals surface area contributed by atoms with Gasteiger partial charge in [0.05, 0.1) is 12.3 Å². The number of benzene rings is 1. The Balaban J connectivity index is 1.61. The van der Waals surface area contributed by atoms with Crippen LogP contribution in [0.5, 0.6) is 0 Å². The zero-order valence-electron chi connectivity index (χ0n) is 19.9. The molecule has 3 rings (SSSR count). The Morgan fingerprint density at radius 3 is 2.80 bits per heavy atom. The van der Waals surface area contributed by atoms with Gasteiger partial charge in [-0.25, -0.2) is 0 Å². The number of anilines is 1. The van der Waals surface area contributed by atoms with Crippen LogP contribution < -0.4 is 11.5 Å². The number of aromatic nitrogens is 1. The fourth-order valence-corrected chi connectivity index (χ4v) is 4.51. The maximum Gasteiger partial charge on any atom is 0.292 e. The number of aliphatic imine (C=N–C) groups is 1. The molecule has 9 heteroatoms. The molecule has 1 aromatic carbocycles. The van der Waals surface area contributed by atoms with Crippen LogP contribution >= 0.6 is 11.6 Å². The molecule has 2 aromatic rings. The molecule has 186 valence electrons. The molecular formula is C26H32ClN5O3. The number of halogens is 1. The summed E-state index contributed by atoms with van der Waals surface area (Å²) in [7, 11) is 0. The summed E-state index contributed by atoms with van der Waals surface area (Å²) in [5.74, 6) is 0.745. The molecule has 1 aliphatic rings. The van der Waals surface area contributed by atoms with E-state index in [0.29, 0.717) is 34.1 Å². The van der Waals surface area contributed by atoms with Gasteiger partial charge in [-0.05, 0) is 41.5 Å². The van der Waals surface area contributed by atoms with Crippen molar-refractivity contribution < 1.29 is 14.0 Å². The number of carbonyl (C=O) groups excluding carboxylic acids is 2. The normalized spacial score (nSPS) is 19.0. The number of hydrogen-bond donors (Lipinski definition) is 3. The highest BCUT2D eigenvalue weighted by atomic mass is 35.5. The van der Waals surface area contributed by atoms with Crippen molar-refractivity contribution in [3.8, 4) is 0 Å². The van der Waals surface area contributed by atoms with Gasteiger partial charge in [0.25, 0.3) is 6.01 Å². The number of carbonyl (C=O) groups is 2. The Kier molecular flexibility index (Phi) is 9.37. The van der Waals surface area contributed by atoms with Gasteiger partial charge in [-0.2, -0.15) is 4.98 Å². The van der Waals surface area contributed by atoms with Gasteiger partial charge < -0.3 is 21.3 Å². The van der Waals surface area contributed by atoms with Gasteiger partial charge in [0.2, 0.25) is 5.78 Å². The van der Waals surface area contributed by atoms with Crippen molar-refractivity contribution in [3.63, 3.8) is 0 Å². The van der Waals surface area contributed by atoms with Crippen LogP contribution in [-0.4, -0.2) is 35.0 Å². The van der Waals surface area contributed by atoms with Crippen molar-refractivity contribution in [1.82, 2.24) is 4.98 Å². The number of nitrogens with two attached hydrogens (primary N) is 2. The summed E-state index contributed by atoms with van der Waals surface area (Å²) in [6.07, 6.45) is 10.5. The first-order valence-corrected chi connectivity index (χ1v) is 12.2. The van der Waals surface area contributed by atoms with Crippen molar-refractivity contribution in [1.29, 1.82) is 5.41 Å². The second-order valence-electron chi connectivity index (χ2n) is 9.18. The zero-order chi connectivity index (χ0) is 25.4. The molecule has 0 spiro atoms. The summed E-state index contributed by atoms with van der Waals surface area (Å²) < 4.78 is 4.84. The van der Waals surface area contributed by atoms with Gasteiger partial charge in [0.1, 0.15) is 6.26 Å². The molecule has 1 aromatic heterocycles. The molecule has 0 radical (unpaired) electrons. The average molecular weight is 498 g/mol. The van der Waals surface area contributed by atoms with E-state index in [2.05, 4.69) is 16.9 Å². The van der Waals surface area contributed by atoms with E-state index < -0.39 is 5.78 Å². The number of nitrogens with one attached hydrogen (secondary N) is 1. The van der Waals surface area contributed by atoms with E-state index in [1.54, 1.807) is 24.4 Å². The Hall–Kier alpha value is -3.26. The first kappa shape index (κ1) is 26.3. The van der Waals surface area contributed by atoms with E-state index in [4.69, 9.17) is 32.9 Å². The average Bonchev–Trinajstić information content (AvgIpc) is 3.16. The highest BCUT2D eigenvalue weighted by molar-refractivity contribution is 6.45. The maximum absolute atomic E-state index is 12.5. The fraction of sp³-hybridized carbons (Fsp3) is 0.423. The van der Waals surface area contributed by atoms with Crippen LogP contribution in [0.1, 0.15) is 67.1 Å². The second-order valence-corrected chi connectivity index (χ2v) is 9.58. The lowest BCUT2D eigenvalue weighted by molar-refractivity contribution is -0.118. The summed E-state index contributed by atoms with van der Waals surface area (Å²) in [4.78, 5) is 32.9. The van der Waals surface area contributed by atoms with Gasteiger partial charge in [-0.15, -0.1) is 0 Å². The highest BCUT2D eigenvalue weighted by Gasteiger charge is 2.20. The molecule has 8 nitrogen and oxygen atoms in total. The van der Waals surface area contributed by atoms with E-state index in [1.165, 1.54) is 25.5 Å². The van der Waals surface area contributed by atoms with Gasteiger partial charge in [-0.1, -0.05) is 50.3 Å². The summed E-state index contributed by atoms with van der Waals surface area (Å²) in [5, 5.41) is 8.56. The third-order valence-corrected chi connectivity index (χ3v) is 6.71. The van der Waals surface area contributed by atoms with Crippen LogP contribution in [0.25, 0.3) is 5.57 Å². The standard InChI is InChI=1S/C26H32ClN5O3/c1-16-3-2-4-17(6-5-16)9-21(33)14-31-13-20(12-28)18-7-8-22(27)19(10-18)11-23(29)25(34)24-15-35-26(30)32-24/h7-8,10,12-13,15-17,29H,2-6,9,11,14,28H2,1H3,(H2,30,32). The molecule has 1 aliphatic carbocycles. The van der Waals surface area contributed by atoms with Crippen LogP contribution in [0.15, 0.2) is 40.1 Å². The quantitative estimate of drug-likeness (QED) is 0.241. The Morgan fingerprint density at radius 1 is 1.29 bits per heavy atom. The van der Waals surface area contributed by atoms with Crippen molar-refractivity contribution >= 4 is 46.7 Å². The molecule has 1 heterocycles. The van der Waals surface area contributed by atoms with Crippen LogP contribution in [-0.2, 0) is 11.2 Å². The Labute approximate surface area is 210 Å². The molecule has 1 fully saturated rings. The second kappa shape index (κ2) is 12.4. The van der Waals surface area contributed by atoms with Crippen LogP contribution in [0.2, 0.25) is 5.02 Å².